The van der Waals surface area contributed by atoms with E-state index in [0.717, 1.165) is 11.6 Å². The van der Waals surface area contributed by atoms with Gasteiger partial charge in [-0.15, -0.1) is 0 Å². The van der Waals surface area contributed by atoms with Crippen molar-refractivity contribution in [2.24, 2.45) is 0 Å². The molecule has 0 atom stereocenters. The highest BCUT2D eigenvalue weighted by Crippen LogP contribution is 2.22. The van der Waals surface area contributed by atoms with Gasteiger partial charge in [-0.05, 0) is 37.2 Å². The van der Waals surface area contributed by atoms with Crippen LogP contribution in [0.3, 0.4) is 0 Å². The predicted octanol–water partition coefficient (Wildman–Crippen LogP) is 1.76. The van der Waals surface area contributed by atoms with Crippen LogP contribution in [-0.4, -0.2) is 40.5 Å². The zero-order valence-corrected chi connectivity index (χ0v) is 16.1. The number of halogens is 1. The molecule has 1 amide bonds. The van der Waals surface area contributed by atoms with Crippen LogP contribution in [0, 0.1) is 0 Å². The topological polar surface area (TPSA) is 102 Å². The third-order valence-electron chi connectivity index (χ3n) is 3.64. The molecule has 0 heterocycles. The number of rotatable bonds is 8. The molecule has 9 heteroatoms. The van der Waals surface area contributed by atoms with Gasteiger partial charge in [-0.2, -0.15) is 0 Å². The Kier molecular flexibility index (Phi) is 7.35. The number of hydrogen-bond acceptors (Lipinski definition) is 5. The molecule has 0 bridgehead atoms. The van der Waals surface area contributed by atoms with Crippen LogP contribution >= 0.6 is 11.6 Å². The van der Waals surface area contributed by atoms with Crippen LogP contribution in [0.5, 0.6) is 0 Å². The maximum Gasteiger partial charge on any atom is 0.338 e. The highest BCUT2D eigenvalue weighted by molar-refractivity contribution is 7.89. The van der Waals surface area contributed by atoms with Crippen LogP contribution in [0.15, 0.2) is 53.4 Å². The maximum atomic E-state index is 12.1. The van der Waals surface area contributed by atoms with Gasteiger partial charge in [0.05, 0.1) is 10.6 Å². The maximum absolute atomic E-state index is 12.1. The number of ether oxygens (including phenoxy) is 1. The second-order valence-corrected chi connectivity index (χ2v) is 7.78. The number of carbonyl (C=O) groups is 2. The first kappa shape index (κ1) is 20.9. The lowest BCUT2D eigenvalue weighted by Gasteiger charge is -2.09. The molecular weight excluding hydrogens is 392 g/mol. The van der Waals surface area contributed by atoms with Crippen LogP contribution < -0.4 is 10.0 Å². The highest BCUT2D eigenvalue weighted by atomic mass is 35.5. The molecule has 0 radical (unpaired) electrons. The minimum Gasteiger partial charge on any atom is -0.452 e. The van der Waals surface area contributed by atoms with E-state index in [4.69, 9.17) is 16.3 Å². The molecule has 0 saturated heterocycles. The third-order valence-corrected chi connectivity index (χ3v) is 5.53. The average Bonchev–Trinajstić information content (AvgIpc) is 2.67. The molecule has 0 spiro atoms. The number of sulfonamides is 1. The van der Waals surface area contributed by atoms with Crippen LogP contribution in [0.25, 0.3) is 0 Å². The van der Waals surface area contributed by atoms with E-state index < -0.39 is 28.5 Å². The number of esters is 1. The van der Waals surface area contributed by atoms with Gasteiger partial charge in [-0.25, -0.2) is 17.9 Å². The normalized spacial score (nSPS) is 11.0. The first-order valence-electron chi connectivity index (χ1n) is 8.04. The summed E-state index contributed by atoms with van der Waals surface area (Å²) in [6.45, 7) is -0.0593. The van der Waals surface area contributed by atoms with Crippen molar-refractivity contribution in [1.29, 1.82) is 0 Å². The van der Waals surface area contributed by atoms with Gasteiger partial charge in [0.1, 0.15) is 4.90 Å². The Morgan fingerprint density at radius 3 is 2.48 bits per heavy atom. The molecule has 0 fully saturated rings. The Balaban J connectivity index is 1.88. The molecule has 0 aliphatic carbocycles. The van der Waals surface area contributed by atoms with E-state index >= 15 is 0 Å². The minimum absolute atomic E-state index is 0.0229. The van der Waals surface area contributed by atoms with Gasteiger partial charge in [0, 0.05) is 6.54 Å². The number of carbonyl (C=O) groups excluding carboxylic acids is 2. The van der Waals surface area contributed by atoms with E-state index in [2.05, 4.69) is 10.0 Å². The fourth-order valence-corrected chi connectivity index (χ4v) is 3.45. The van der Waals surface area contributed by atoms with Crippen LogP contribution in [0.2, 0.25) is 5.02 Å². The molecule has 7 nitrogen and oxygen atoms in total. The summed E-state index contributed by atoms with van der Waals surface area (Å²) in [7, 11) is -2.59. The van der Waals surface area contributed by atoms with E-state index in [-0.39, 0.29) is 15.5 Å². The van der Waals surface area contributed by atoms with Gasteiger partial charge in [0.2, 0.25) is 10.0 Å². The molecular formula is C18H19ClN2O5S. The summed E-state index contributed by atoms with van der Waals surface area (Å²) >= 11 is 5.86. The fraction of sp³-hybridized carbons (Fsp3) is 0.222. The molecule has 2 N–H and O–H groups in total. The summed E-state index contributed by atoms with van der Waals surface area (Å²) in [6, 6.07) is 13.3. The molecule has 0 aliphatic rings. The van der Waals surface area contributed by atoms with E-state index in [1.54, 1.807) is 0 Å². The summed E-state index contributed by atoms with van der Waals surface area (Å²) < 4.78 is 30.8. The Morgan fingerprint density at radius 1 is 1.11 bits per heavy atom. The van der Waals surface area contributed by atoms with Crippen molar-refractivity contribution >= 4 is 33.5 Å². The van der Waals surface area contributed by atoms with E-state index in [9.17, 15) is 18.0 Å². The lowest BCUT2D eigenvalue weighted by atomic mass is 10.1. The van der Waals surface area contributed by atoms with Crippen LogP contribution in [-0.2, 0) is 26.0 Å². The Morgan fingerprint density at radius 2 is 1.81 bits per heavy atom. The van der Waals surface area contributed by atoms with Gasteiger partial charge in [0.15, 0.2) is 6.61 Å². The van der Waals surface area contributed by atoms with Crippen molar-refractivity contribution in [2.75, 3.05) is 20.2 Å². The number of nitrogens with one attached hydrogen (secondary N) is 2. The molecule has 2 aromatic rings. The fourth-order valence-electron chi connectivity index (χ4n) is 2.20. The lowest BCUT2D eigenvalue weighted by Crippen LogP contribution is -2.30. The molecule has 2 aromatic carbocycles. The van der Waals surface area contributed by atoms with Gasteiger partial charge >= 0.3 is 5.97 Å². The van der Waals surface area contributed by atoms with Crippen molar-refractivity contribution in [1.82, 2.24) is 10.0 Å². The lowest BCUT2D eigenvalue weighted by molar-refractivity contribution is -0.124. The number of amides is 1. The van der Waals surface area contributed by atoms with Crippen molar-refractivity contribution in [3.05, 3.63) is 64.7 Å². The highest BCUT2D eigenvalue weighted by Gasteiger charge is 2.19. The van der Waals surface area contributed by atoms with Crippen molar-refractivity contribution in [3.63, 3.8) is 0 Å². The van der Waals surface area contributed by atoms with Crippen LogP contribution in [0.1, 0.15) is 15.9 Å². The molecule has 0 aliphatic heterocycles. The quantitative estimate of drug-likeness (QED) is 0.646. The summed E-state index contributed by atoms with van der Waals surface area (Å²) in [5, 5.41) is 2.62. The van der Waals surface area contributed by atoms with Crippen LogP contribution in [0.4, 0.5) is 0 Å². The zero-order valence-electron chi connectivity index (χ0n) is 14.6. The zero-order chi connectivity index (χ0) is 19.9. The van der Waals surface area contributed by atoms with E-state index in [1.165, 1.54) is 19.2 Å². The molecule has 0 unspecified atom stereocenters. The smallest absolute Gasteiger partial charge is 0.338 e. The second-order valence-electron chi connectivity index (χ2n) is 5.51. The Hall–Kier alpha value is -2.42. The molecule has 0 saturated carbocycles. The molecule has 144 valence electrons. The SMILES string of the molecule is CNS(=O)(=O)c1cc(C(=O)OCC(=O)NCCc2ccccc2)ccc1Cl. The number of benzene rings is 2. The van der Waals surface area contributed by atoms with Gasteiger partial charge < -0.3 is 10.1 Å². The Labute approximate surface area is 162 Å². The summed E-state index contributed by atoms with van der Waals surface area (Å²) in [4.78, 5) is 23.6. The van der Waals surface area contributed by atoms with Crippen molar-refractivity contribution in [3.8, 4) is 0 Å². The first-order valence-corrected chi connectivity index (χ1v) is 9.90. The summed E-state index contributed by atoms with van der Waals surface area (Å²) in [5.74, 6) is -1.27. The second kappa shape index (κ2) is 9.50. The summed E-state index contributed by atoms with van der Waals surface area (Å²) in [6.07, 6.45) is 0.656. The predicted molar refractivity (Wildman–Crippen MR) is 101 cm³/mol. The van der Waals surface area contributed by atoms with Gasteiger partial charge in [-0.1, -0.05) is 41.9 Å². The van der Waals surface area contributed by atoms with E-state index in [1.807, 2.05) is 30.3 Å². The number of hydrogen-bond donors (Lipinski definition) is 2. The largest absolute Gasteiger partial charge is 0.452 e. The third kappa shape index (κ3) is 6.06. The Bertz CT molecular complexity index is 917. The van der Waals surface area contributed by atoms with Gasteiger partial charge in [-0.3, -0.25) is 4.79 Å². The minimum atomic E-state index is -3.82. The first-order chi connectivity index (χ1) is 12.8. The molecule has 0 aromatic heterocycles. The molecule has 27 heavy (non-hydrogen) atoms. The van der Waals surface area contributed by atoms with Crippen molar-refractivity contribution in [2.45, 2.75) is 11.3 Å². The van der Waals surface area contributed by atoms with Gasteiger partial charge in [0.25, 0.3) is 5.91 Å². The average molecular weight is 411 g/mol. The standard InChI is InChI=1S/C18H19ClN2O5S/c1-20-27(24,25)16-11-14(7-8-15(16)19)18(23)26-12-17(22)21-10-9-13-5-3-2-4-6-13/h2-8,11,20H,9-10,12H2,1H3,(H,21,22). The summed E-state index contributed by atoms with van der Waals surface area (Å²) in [5.41, 5.74) is 1.06. The molecule has 2 rings (SSSR count). The van der Waals surface area contributed by atoms with Crippen molar-refractivity contribution < 1.29 is 22.7 Å². The van der Waals surface area contributed by atoms with E-state index in [0.29, 0.717) is 13.0 Å². The monoisotopic (exact) mass is 410 g/mol.